The molecule has 0 heterocycles. The van der Waals surface area contributed by atoms with E-state index in [1.807, 2.05) is 13.8 Å². The van der Waals surface area contributed by atoms with Crippen LogP contribution in [0, 0.1) is 6.08 Å². The Hall–Kier alpha value is 0.514. The second-order valence-corrected chi connectivity index (χ2v) is 1.56. The Bertz CT molecular complexity index is 97.1. The second kappa shape index (κ2) is 8.51. The molecule has 1 radical (unpaired) electrons. The van der Waals surface area contributed by atoms with Gasteiger partial charge in [0, 0.05) is 39.1 Å². The minimum atomic E-state index is 0. The summed E-state index contributed by atoms with van der Waals surface area (Å²) in [5.74, 6) is 0.253. The first-order valence-corrected chi connectivity index (χ1v) is 2.84. The summed E-state index contributed by atoms with van der Waals surface area (Å²) in [6.07, 6.45) is 5.70. The molecule has 0 saturated heterocycles. The van der Waals surface area contributed by atoms with Gasteiger partial charge in [0.15, 0.2) is 0 Å². The van der Waals surface area contributed by atoms with Crippen molar-refractivity contribution in [2.24, 2.45) is 0 Å². The maximum absolute atomic E-state index is 10.5. The zero-order valence-corrected chi connectivity index (χ0v) is 8.82. The normalized spacial score (nSPS) is 9.11. The van der Waals surface area contributed by atoms with Gasteiger partial charge in [-0.1, -0.05) is 13.8 Å². The number of ketones is 1. The van der Waals surface area contributed by atoms with Gasteiger partial charge in [-0.25, -0.2) is 0 Å². The number of hydrogen-bond acceptors (Lipinski definition) is 1. The van der Waals surface area contributed by atoms with Crippen LogP contribution >= 0.6 is 0 Å². The average Bonchev–Trinajstić information content (AvgIpc) is 1.83. The largest absolute Gasteiger partial charge is 0.494 e. The molecule has 0 aliphatic rings. The van der Waals surface area contributed by atoms with Crippen LogP contribution in [0.2, 0.25) is 0 Å². The van der Waals surface area contributed by atoms with Gasteiger partial charge in [-0.2, -0.15) is 0 Å². The van der Waals surface area contributed by atoms with Gasteiger partial charge in [0.05, 0.1) is 0 Å². The number of allylic oxidation sites excluding steroid dienone is 2. The minimum Gasteiger partial charge on any atom is -0.494 e. The van der Waals surface area contributed by atoms with Crippen LogP contribution < -0.4 is 0 Å². The molecule has 49 valence electrons. The maximum Gasteiger partial charge on any atom is 0.104 e. The molecule has 0 aliphatic carbocycles. The Morgan fingerprint density at radius 2 is 2.22 bits per heavy atom. The van der Waals surface area contributed by atoms with E-state index in [0.29, 0.717) is 12.8 Å². The first-order chi connectivity index (χ1) is 3.81. The summed E-state index contributed by atoms with van der Waals surface area (Å²) in [7, 11) is 0. The Kier molecular flexibility index (Phi) is 11.6. The van der Waals surface area contributed by atoms with Gasteiger partial charge >= 0.3 is 0 Å². The van der Waals surface area contributed by atoms with Crippen molar-refractivity contribution < 1.29 is 37.5 Å². The predicted octanol–water partition coefficient (Wildman–Crippen LogP) is 1.73. The molecule has 0 atom stereocenters. The molecular formula is C7H11OY-. The molecule has 0 unspecified atom stereocenters. The van der Waals surface area contributed by atoms with Crippen LogP contribution in [-0.4, -0.2) is 5.78 Å². The van der Waals surface area contributed by atoms with Crippen LogP contribution in [0.4, 0.5) is 0 Å². The number of hydrogen-bond donors (Lipinski definition) is 0. The minimum absolute atomic E-state index is 0. The van der Waals surface area contributed by atoms with Crippen molar-refractivity contribution in [2.75, 3.05) is 0 Å². The molecule has 0 amide bonds. The maximum atomic E-state index is 10.5. The van der Waals surface area contributed by atoms with Crippen LogP contribution in [0.25, 0.3) is 0 Å². The van der Waals surface area contributed by atoms with Gasteiger partial charge < -0.3 is 10.9 Å². The van der Waals surface area contributed by atoms with Gasteiger partial charge in [-0.15, -0.1) is 6.42 Å². The zero-order valence-electron chi connectivity index (χ0n) is 5.98. The first-order valence-electron chi connectivity index (χ1n) is 2.84. The molecule has 0 aromatic rings. The average molecular weight is 200 g/mol. The molecule has 9 heavy (non-hydrogen) atoms. The Morgan fingerprint density at radius 3 is 2.56 bits per heavy atom. The van der Waals surface area contributed by atoms with E-state index in [-0.39, 0.29) is 38.5 Å². The molecule has 0 saturated carbocycles. The van der Waals surface area contributed by atoms with Crippen molar-refractivity contribution in [3.8, 4) is 0 Å². The third-order valence-electron chi connectivity index (χ3n) is 0.898. The fourth-order valence-corrected chi connectivity index (χ4v) is 0.341. The standard InChI is InChI=1S/C7H11O.Y/c1-3-5-6-7(8)4-2;/h3H,4,6H2,1-2H3;/q-1;. The van der Waals surface area contributed by atoms with Crippen molar-refractivity contribution in [1.29, 1.82) is 0 Å². The first kappa shape index (κ1) is 12.2. The molecule has 0 spiro atoms. The van der Waals surface area contributed by atoms with E-state index < -0.39 is 0 Å². The number of carbonyl (C=O) groups excluding carboxylic acids is 1. The number of Topliss-reactive ketones (excluding diaryl/α,β-unsaturated/α-hetero) is 1. The van der Waals surface area contributed by atoms with E-state index in [0.717, 1.165) is 0 Å². The molecule has 0 aromatic carbocycles. The van der Waals surface area contributed by atoms with Crippen molar-refractivity contribution >= 4 is 5.78 Å². The predicted molar refractivity (Wildman–Crippen MR) is 33.4 cm³/mol. The summed E-state index contributed by atoms with van der Waals surface area (Å²) in [5.41, 5.74) is 0. The molecule has 0 N–H and O–H groups in total. The van der Waals surface area contributed by atoms with Crippen LogP contribution in [0.5, 0.6) is 0 Å². The van der Waals surface area contributed by atoms with Crippen LogP contribution in [0.15, 0.2) is 6.08 Å². The van der Waals surface area contributed by atoms with E-state index in [1.165, 1.54) is 0 Å². The molecule has 0 aliphatic heterocycles. The molecule has 0 bridgehead atoms. The quantitative estimate of drug-likeness (QED) is 0.634. The van der Waals surface area contributed by atoms with Gasteiger partial charge in [0.2, 0.25) is 0 Å². The van der Waals surface area contributed by atoms with Crippen LogP contribution in [0.3, 0.4) is 0 Å². The van der Waals surface area contributed by atoms with E-state index in [2.05, 4.69) is 6.08 Å². The summed E-state index contributed by atoms with van der Waals surface area (Å²) < 4.78 is 0. The van der Waals surface area contributed by atoms with E-state index in [4.69, 9.17) is 0 Å². The number of carbonyl (C=O) groups is 1. The molecule has 0 rings (SSSR count). The Morgan fingerprint density at radius 1 is 1.67 bits per heavy atom. The molecule has 2 heteroatoms. The van der Waals surface area contributed by atoms with E-state index in [9.17, 15) is 4.79 Å². The third-order valence-corrected chi connectivity index (χ3v) is 0.898. The van der Waals surface area contributed by atoms with Crippen molar-refractivity contribution in [2.45, 2.75) is 26.7 Å². The Labute approximate surface area is 81.8 Å². The van der Waals surface area contributed by atoms with Gasteiger partial charge in [-0.3, -0.25) is 6.08 Å². The monoisotopic (exact) mass is 200 g/mol. The summed E-state index contributed by atoms with van der Waals surface area (Å²) in [6.45, 7) is 3.72. The molecular weight excluding hydrogens is 189 g/mol. The van der Waals surface area contributed by atoms with E-state index >= 15 is 0 Å². The van der Waals surface area contributed by atoms with Crippen LogP contribution in [0.1, 0.15) is 26.7 Å². The van der Waals surface area contributed by atoms with Crippen molar-refractivity contribution in [3.63, 3.8) is 0 Å². The summed E-state index contributed by atoms with van der Waals surface area (Å²) >= 11 is 0. The van der Waals surface area contributed by atoms with Crippen molar-refractivity contribution in [1.82, 2.24) is 0 Å². The summed E-state index contributed by atoms with van der Waals surface area (Å²) in [4.78, 5) is 10.5. The number of rotatable bonds is 3. The topological polar surface area (TPSA) is 17.1 Å². The second-order valence-electron chi connectivity index (χ2n) is 1.56. The molecule has 0 fully saturated rings. The summed E-state index contributed by atoms with van der Waals surface area (Å²) in [6, 6.07) is 0. The Balaban J connectivity index is 0. The van der Waals surface area contributed by atoms with E-state index in [1.54, 1.807) is 6.08 Å². The fourth-order valence-electron chi connectivity index (χ4n) is 0.341. The van der Waals surface area contributed by atoms with Gasteiger partial charge in [-0.05, 0) is 0 Å². The SMILES string of the molecule is CC=[C-]CC(=O)CC.[Y]. The van der Waals surface area contributed by atoms with Gasteiger partial charge in [0.1, 0.15) is 5.78 Å². The smallest absolute Gasteiger partial charge is 0.104 e. The zero-order chi connectivity index (χ0) is 6.41. The van der Waals surface area contributed by atoms with Crippen molar-refractivity contribution in [3.05, 3.63) is 12.2 Å². The third kappa shape index (κ3) is 8.51. The molecule has 1 nitrogen and oxygen atoms in total. The fraction of sp³-hybridized carbons (Fsp3) is 0.571. The van der Waals surface area contributed by atoms with Gasteiger partial charge in [0.25, 0.3) is 0 Å². The summed E-state index contributed by atoms with van der Waals surface area (Å²) in [5, 5.41) is 0. The molecule has 0 aromatic heterocycles. The van der Waals surface area contributed by atoms with Crippen LogP contribution in [-0.2, 0) is 37.5 Å².